The maximum atomic E-state index is 12.7. The van der Waals surface area contributed by atoms with Gasteiger partial charge in [0.15, 0.2) is 0 Å². The lowest BCUT2D eigenvalue weighted by Crippen LogP contribution is -2.33. The molecule has 2 aromatic carbocycles. The molecule has 0 aliphatic carbocycles. The number of phenolic OH excluding ortho intramolecular Hbond substituents is 1. The normalized spacial score (nSPS) is 19.3. The Labute approximate surface area is 152 Å². The lowest BCUT2D eigenvalue weighted by atomic mass is 9.95. The van der Waals surface area contributed by atoms with E-state index in [9.17, 15) is 19.8 Å². The second-order valence-corrected chi connectivity index (χ2v) is 6.80. The first-order valence-electron chi connectivity index (χ1n) is 8.53. The van der Waals surface area contributed by atoms with E-state index in [2.05, 4.69) is 0 Å². The first-order chi connectivity index (χ1) is 12.4. The molecule has 0 unspecified atom stereocenters. The van der Waals surface area contributed by atoms with Crippen molar-refractivity contribution in [2.24, 2.45) is 5.92 Å². The zero-order valence-corrected chi connectivity index (χ0v) is 14.7. The summed E-state index contributed by atoms with van der Waals surface area (Å²) in [6.45, 7) is 4.32. The number of nitrogens with zero attached hydrogens (tertiary/aromatic N) is 1. The lowest BCUT2D eigenvalue weighted by Gasteiger charge is -2.26. The molecular formula is C21H21NO4. The standard InChI is InChI=1S/C21H21NO4/c1-13(2)12-22-18(14-8-10-16(23)11-9-14)17(20(25)21(22)26)19(24)15-6-4-3-5-7-15/h3-11,13,18,23-24H,12H2,1-2H3/t18-/m1/s1. The molecule has 0 spiro atoms. The number of carbonyl (C=O) groups is 2. The van der Waals surface area contributed by atoms with Crippen molar-refractivity contribution in [2.75, 3.05) is 6.54 Å². The van der Waals surface area contributed by atoms with E-state index in [-0.39, 0.29) is 23.0 Å². The third-order valence-electron chi connectivity index (χ3n) is 4.36. The van der Waals surface area contributed by atoms with Crippen LogP contribution in [0.5, 0.6) is 5.75 Å². The number of phenols is 1. The van der Waals surface area contributed by atoms with Gasteiger partial charge in [0.1, 0.15) is 11.5 Å². The molecule has 2 aromatic rings. The third kappa shape index (κ3) is 3.20. The average Bonchev–Trinajstić information content (AvgIpc) is 2.87. The van der Waals surface area contributed by atoms with E-state index in [1.54, 1.807) is 36.4 Å². The second-order valence-electron chi connectivity index (χ2n) is 6.80. The number of amides is 1. The number of rotatable bonds is 4. The van der Waals surface area contributed by atoms with Crippen LogP contribution in [0, 0.1) is 5.92 Å². The first-order valence-corrected chi connectivity index (χ1v) is 8.53. The average molecular weight is 351 g/mol. The maximum absolute atomic E-state index is 12.7. The summed E-state index contributed by atoms with van der Waals surface area (Å²) in [5, 5.41) is 20.3. The van der Waals surface area contributed by atoms with Crippen LogP contribution in [0.1, 0.15) is 31.0 Å². The fourth-order valence-electron chi connectivity index (χ4n) is 3.22. The summed E-state index contributed by atoms with van der Waals surface area (Å²) in [6.07, 6.45) is 0. The topological polar surface area (TPSA) is 77.8 Å². The van der Waals surface area contributed by atoms with E-state index in [1.165, 1.54) is 17.0 Å². The molecule has 1 saturated heterocycles. The Kier molecular flexibility index (Phi) is 4.80. The summed E-state index contributed by atoms with van der Waals surface area (Å²) in [4.78, 5) is 26.8. The van der Waals surface area contributed by atoms with Gasteiger partial charge in [-0.2, -0.15) is 0 Å². The molecule has 3 rings (SSSR count). The maximum Gasteiger partial charge on any atom is 0.295 e. The number of benzene rings is 2. The summed E-state index contributed by atoms with van der Waals surface area (Å²) in [5.74, 6) is -1.24. The number of ketones is 1. The van der Waals surface area contributed by atoms with Crippen LogP contribution in [-0.2, 0) is 9.59 Å². The van der Waals surface area contributed by atoms with Gasteiger partial charge in [-0.05, 0) is 23.6 Å². The summed E-state index contributed by atoms with van der Waals surface area (Å²) in [5.41, 5.74) is 1.23. The van der Waals surface area contributed by atoms with Gasteiger partial charge in [-0.1, -0.05) is 56.3 Å². The first kappa shape index (κ1) is 17.7. The Bertz CT molecular complexity index is 853. The number of hydrogen-bond acceptors (Lipinski definition) is 4. The van der Waals surface area contributed by atoms with Crippen molar-refractivity contribution in [3.05, 3.63) is 71.3 Å². The third-order valence-corrected chi connectivity index (χ3v) is 4.36. The van der Waals surface area contributed by atoms with E-state index in [4.69, 9.17) is 0 Å². The van der Waals surface area contributed by atoms with Gasteiger partial charge in [0, 0.05) is 12.1 Å². The molecule has 26 heavy (non-hydrogen) atoms. The monoisotopic (exact) mass is 351 g/mol. The molecule has 1 aliphatic rings. The van der Waals surface area contributed by atoms with Gasteiger partial charge in [-0.25, -0.2) is 0 Å². The molecule has 0 saturated carbocycles. The van der Waals surface area contributed by atoms with Crippen LogP contribution in [-0.4, -0.2) is 33.3 Å². The van der Waals surface area contributed by atoms with Crippen LogP contribution in [0.25, 0.3) is 5.76 Å². The molecule has 1 aliphatic heterocycles. The highest BCUT2D eigenvalue weighted by Gasteiger charge is 2.46. The molecule has 1 heterocycles. The Hall–Kier alpha value is -3.08. The van der Waals surface area contributed by atoms with E-state index in [1.807, 2.05) is 19.9 Å². The highest BCUT2D eigenvalue weighted by Crippen LogP contribution is 2.40. The van der Waals surface area contributed by atoms with Gasteiger partial charge in [-0.15, -0.1) is 0 Å². The molecular weight excluding hydrogens is 330 g/mol. The lowest BCUT2D eigenvalue weighted by molar-refractivity contribution is -0.140. The van der Waals surface area contributed by atoms with Crippen molar-refractivity contribution >= 4 is 17.4 Å². The van der Waals surface area contributed by atoms with Crippen LogP contribution >= 0.6 is 0 Å². The van der Waals surface area contributed by atoms with Gasteiger partial charge in [0.05, 0.1) is 11.6 Å². The Morgan fingerprint density at radius 3 is 2.23 bits per heavy atom. The fourth-order valence-corrected chi connectivity index (χ4v) is 3.22. The van der Waals surface area contributed by atoms with Crippen LogP contribution in [0.2, 0.25) is 0 Å². The highest BCUT2D eigenvalue weighted by atomic mass is 16.3. The molecule has 5 nitrogen and oxygen atoms in total. The summed E-state index contributed by atoms with van der Waals surface area (Å²) < 4.78 is 0. The Balaban J connectivity index is 2.18. The van der Waals surface area contributed by atoms with E-state index >= 15 is 0 Å². The quantitative estimate of drug-likeness (QED) is 0.502. The van der Waals surface area contributed by atoms with E-state index in [0.29, 0.717) is 17.7 Å². The number of likely N-dealkylation sites (tertiary alicyclic amines) is 1. The van der Waals surface area contributed by atoms with Gasteiger partial charge in [-0.3, -0.25) is 9.59 Å². The zero-order chi connectivity index (χ0) is 18.8. The van der Waals surface area contributed by atoms with Crippen molar-refractivity contribution in [2.45, 2.75) is 19.9 Å². The number of aliphatic hydroxyl groups is 1. The van der Waals surface area contributed by atoms with Crippen LogP contribution in [0.15, 0.2) is 60.2 Å². The summed E-state index contributed by atoms with van der Waals surface area (Å²) >= 11 is 0. The second kappa shape index (κ2) is 7.04. The number of aliphatic hydroxyl groups excluding tert-OH is 1. The minimum Gasteiger partial charge on any atom is -0.508 e. The molecule has 2 N–H and O–H groups in total. The van der Waals surface area contributed by atoms with Crippen molar-refractivity contribution < 1.29 is 19.8 Å². The van der Waals surface area contributed by atoms with E-state index < -0.39 is 17.7 Å². The van der Waals surface area contributed by atoms with Crippen molar-refractivity contribution in [3.63, 3.8) is 0 Å². The fraction of sp³-hybridized carbons (Fsp3) is 0.238. The summed E-state index contributed by atoms with van der Waals surface area (Å²) in [7, 11) is 0. The molecule has 134 valence electrons. The molecule has 1 fully saturated rings. The van der Waals surface area contributed by atoms with Crippen molar-refractivity contribution in [1.29, 1.82) is 0 Å². The zero-order valence-electron chi connectivity index (χ0n) is 14.7. The Morgan fingerprint density at radius 1 is 1.04 bits per heavy atom. The molecule has 0 aromatic heterocycles. The predicted octanol–water partition coefficient (Wildman–Crippen LogP) is 3.47. The molecule has 5 heteroatoms. The van der Waals surface area contributed by atoms with Crippen LogP contribution in [0.3, 0.4) is 0 Å². The van der Waals surface area contributed by atoms with Gasteiger partial charge >= 0.3 is 0 Å². The van der Waals surface area contributed by atoms with Gasteiger partial charge in [0.2, 0.25) is 0 Å². The number of hydrogen-bond donors (Lipinski definition) is 2. The molecule has 0 radical (unpaired) electrons. The largest absolute Gasteiger partial charge is 0.508 e. The highest BCUT2D eigenvalue weighted by molar-refractivity contribution is 6.46. The number of Topliss-reactive ketones (excluding diaryl/α,β-unsaturated/α-hetero) is 1. The van der Waals surface area contributed by atoms with Crippen molar-refractivity contribution in [1.82, 2.24) is 4.90 Å². The predicted molar refractivity (Wildman–Crippen MR) is 98.4 cm³/mol. The molecule has 1 atom stereocenters. The van der Waals surface area contributed by atoms with Gasteiger partial charge < -0.3 is 15.1 Å². The smallest absolute Gasteiger partial charge is 0.295 e. The minimum absolute atomic E-state index is 0.0764. The summed E-state index contributed by atoms with van der Waals surface area (Å²) in [6, 6.07) is 14.4. The Morgan fingerprint density at radius 2 is 1.65 bits per heavy atom. The number of carbonyl (C=O) groups excluding carboxylic acids is 2. The molecule has 0 bridgehead atoms. The van der Waals surface area contributed by atoms with E-state index in [0.717, 1.165) is 0 Å². The SMILES string of the molecule is CC(C)CN1C(=O)C(=O)C(=C(O)c2ccccc2)[C@H]1c1ccc(O)cc1. The minimum atomic E-state index is -0.690. The van der Waals surface area contributed by atoms with Crippen LogP contribution < -0.4 is 0 Å². The van der Waals surface area contributed by atoms with Gasteiger partial charge in [0.25, 0.3) is 11.7 Å². The molecule has 1 amide bonds. The van der Waals surface area contributed by atoms with Crippen molar-refractivity contribution in [3.8, 4) is 5.75 Å². The van der Waals surface area contributed by atoms with Crippen LogP contribution in [0.4, 0.5) is 0 Å². The number of aromatic hydroxyl groups is 1.